The Morgan fingerprint density at radius 1 is 0.680 bits per heavy atom. The van der Waals surface area contributed by atoms with Crippen LogP contribution in [0.2, 0.25) is 0 Å². The van der Waals surface area contributed by atoms with Gasteiger partial charge in [-0.3, -0.25) is 9.59 Å². The van der Waals surface area contributed by atoms with E-state index >= 15 is 0 Å². The third-order valence-corrected chi connectivity index (χ3v) is 3.56. The predicted molar refractivity (Wildman–Crippen MR) is 95.2 cm³/mol. The zero-order chi connectivity index (χ0) is 17.6. The van der Waals surface area contributed by atoms with E-state index in [-0.39, 0.29) is 11.3 Å². The van der Waals surface area contributed by atoms with Crippen LogP contribution in [0.3, 0.4) is 0 Å². The van der Waals surface area contributed by atoms with E-state index in [0.717, 1.165) is 0 Å². The predicted octanol–water partition coefficient (Wildman–Crippen LogP) is 4.33. The van der Waals surface area contributed by atoms with Crippen molar-refractivity contribution in [2.45, 2.75) is 0 Å². The number of rotatable bonds is 4. The Morgan fingerprint density at radius 3 is 2.00 bits per heavy atom. The smallest absolute Gasteiger partial charge is 0.258 e. The van der Waals surface area contributed by atoms with E-state index in [1.54, 1.807) is 54.6 Å². The van der Waals surface area contributed by atoms with Crippen molar-refractivity contribution < 1.29 is 14.0 Å². The number of amides is 2. The Morgan fingerprint density at radius 2 is 1.32 bits per heavy atom. The molecule has 25 heavy (non-hydrogen) atoms. The molecule has 3 rings (SSSR count). The van der Waals surface area contributed by atoms with Crippen molar-refractivity contribution in [2.75, 3.05) is 10.6 Å². The maximum Gasteiger partial charge on any atom is 0.258 e. The van der Waals surface area contributed by atoms with Gasteiger partial charge in [0.25, 0.3) is 11.8 Å². The summed E-state index contributed by atoms with van der Waals surface area (Å²) in [5.74, 6) is -1.81. The Bertz CT molecular complexity index is 896. The van der Waals surface area contributed by atoms with Gasteiger partial charge in [0, 0.05) is 11.3 Å². The minimum absolute atomic E-state index is 0.0467. The highest BCUT2D eigenvalue weighted by Gasteiger charge is 2.17. The van der Waals surface area contributed by atoms with Crippen LogP contribution in [0.4, 0.5) is 15.8 Å². The molecule has 0 saturated heterocycles. The number of carbonyl (C=O) groups is 2. The average Bonchev–Trinajstić information content (AvgIpc) is 2.65. The maximum absolute atomic E-state index is 14.6. The molecule has 0 aromatic heterocycles. The lowest BCUT2D eigenvalue weighted by Crippen LogP contribution is -2.17. The van der Waals surface area contributed by atoms with Crippen LogP contribution in [0, 0.1) is 5.82 Å². The van der Waals surface area contributed by atoms with E-state index in [1.165, 1.54) is 18.2 Å². The van der Waals surface area contributed by atoms with Crippen molar-refractivity contribution in [2.24, 2.45) is 0 Å². The summed E-state index contributed by atoms with van der Waals surface area (Å²) < 4.78 is 14.6. The fourth-order valence-corrected chi connectivity index (χ4v) is 2.31. The second-order valence-corrected chi connectivity index (χ2v) is 5.31. The van der Waals surface area contributed by atoms with Crippen molar-refractivity contribution in [3.05, 3.63) is 95.8 Å². The summed E-state index contributed by atoms with van der Waals surface area (Å²) in [4.78, 5) is 24.4. The molecule has 4 nitrogen and oxygen atoms in total. The molecule has 2 amide bonds. The lowest BCUT2D eigenvalue weighted by Gasteiger charge is -2.10. The van der Waals surface area contributed by atoms with Crippen LogP contribution in [-0.4, -0.2) is 11.8 Å². The van der Waals surface area contributed by atoms with Gasteiger partial charge in [-0.1, -0.05) is 42.5 Å². The normalized spacial score (nSPS) is 10.1. The Labute approximate surface area is 144 Å². The standard InChI is InChI=1S/C20H15FN2O2/c21-18-16(20(25)22-15-10-5-2-6-11-15)12-7-13-17(18)23-19(24)14-8-3-1-4-9-14/h1-13H,(H,22,25)(H,23,24). The quantitative estimate of drug-likeness (QED) is 0.746. The molecule has 0 atom stereocenters. The first-order valence-electron chi connectivity index (χ1n) is 7.66. The van der Waals surface area contributed by atoms with Gasteiger partial charge >= 0.3 is 0 Å². The van der Waals surface area contributed by atoms with E-state index < -0.39 is 17.6 Å². The average molecular weight is 334 g/mol. The molecule has 3 aromatic rings. The molecule has 0 aliphatic rings. The molecule has 0 heterocycles. The minimum atomic E-state index is -0.778. The highest BCUT2D eigenvalue weighted by atomic mass is 19.1. The van der Waals surface area contributed by atoms with Crippen LogP contribution in [0.25, 0.3) is 0 Å². The molecular weight excluding hydrogens is 319 g/mol. The maximum atomic E-state index is 14.6. The molecule has 0 fully saturated rings. The number of anilines is 2. The molecule has 0 saturated carbocycles. The van der Waals surface area contributed by atoms with Crippen molar-refractivity contribution in [3.63, 3.8) is 0 Å². The van der Waals surface area contributed by atoms with E-state index in [0.29, 0.717) is 11.3 Å². The number of nitrogens with one attached hydrogen (secondary N) is 2. The largest absolute Gasteiger partial charge is 0.322 e. The fraction of sp³-hybridized carbons (Fsp3) is 0. The van der Waals surface area contributed by atoms with E-state index in [4.69, 9.17) is 0 Å². The number of halogens is 1. The topological polar surface area (TPSA) is 58.2 Å². The number of carbonyl (C=O) groups excluding carboxylic acids is 2. The SMILES string of the molecule is O=C(Nc1cccc(C(=O)Nc2ccccc2)c1F)c1ccccc1. The van der Waals surface area contributed by atoms with E-state index in [2.05, 4.69) is 10.6 Å². The van der Waals surface area contributed by atoms with Gasteiger partial charge in [-0.15, -0.1) is 0 Å². The first-order valence-corrected chi connectivity index (χ1v) is 7.66. The van der Waals surface area contributed by atoms with Crippen LogP contribution in [0.5, 0.6) is 0 Å². The number of benzene rings is 3. The Balaban J connectivity index is 1.80. The van der Waals surface area contributed by atoms with Crippen molar-refractivity contribution in [3.8, 4) is 0 Å². The van der Waals surface area contributed by atoms with Crippen LogP contribution < -0.4 is 10.6 Å². The summed E-state index contributed by atoms with van der Waals surface area (Å²) in [6.07, 6.45) is 0. The molecule has 0 radical (unpaired) electrons. The first kappa shape index (κ1) is 16.4. The molecular formula is C20H15FN2O2. The second-order valence-electron chi connectivity index (χ2n) is 5.31. The lowest BCUT2D eigenvalue weighted by molar-refractivity contribution is 0.101. The molecule has 0 bridgehead atoms. The van der Waals surface area contributed by atoms with Gasteiger partial charge in [-0.05, 0) is 36.4 Å². The third kappa shape index (κ3) is 3.90. The Hall–Kier alpha value is -3.47. The van der Waals surface area contributed by atoms with Crippen LogP contribution >= 0.6 is 0 Å². The molecule has 3 aromatic carbocycles. The summed E-state index contributed by atoms with van der Waals surface area (Å²) in [7, 11) is 0. The van der Waals surface area contributed by atoms with Gasteiger partial charge in [-0.2, -0.15) is 0 Å². The minimum Gasteiger partial charge on any atom is -0.322 e. The molecule has 0 unspecified atom stereocenters. The summed E-state index contributed by atoms with van der Waals surface area (Å²) in [6, 6.07) is 21.5. The van der Waals surface area contributed by atoms with E-state index in [1.807, 2.05) is 6.07 Å². The van der Waals surface area contributed by atoms with Crippen molar-refractivity contribution in [1.29, 1.82) is 0 Å². The fourth-order valence-electron chi connectivity index (χ4n) is 2.31. The number of hydrogen-bond donors (Lipinski definition) is 2. The highest BCUT2D eigenvalue weighted by Crippen LogP contribution is 2.20. The van der Waals surface area contributed by atoms with Gasteiger partial charge in [0.2, 0.25) is 0 Å². The second kappa shape index (κ2) is 7.40. The highest BCUT2D eigenvalue weighted by molar-refractivity contribution is 6.07. The number of hydrogen-bond acceptors (Lipinski definition) is 2. The zero-order valence-electron chi connectivity index (χ0n) is 13.2. The van der Waals surface area contributed by atoms with Crippen LogP contribution in [-0.2, 0) is 0 Å². The monoisotopic (exact) mass is 334 g/mol. The molecule has 0 aliphatic carbocycles. The van der Waals surface area contributed by atoms with Crippen molar-refractivity contribution >= 4 is 23.2 Å². The van der Waals surface area contributed by atoms with Gasteiger partial charge in [0.1, 0.15) is 0 Å². The Kier molecular flexibility index (Phi) is 4.85. The molecule has 5 heteroatoms. The van der Waals surface area contributed by atoms with Gasteiger partial charge < -0.3 is 10.6 Å². The van der Waals surface area contributed by atoms with Gasteiger partial charge in [0.05, 0.1) is 11.3 Å². The summed E-state index contributed by atoms with van der Waals surface area (Å²) in [5.41, 5.74) is 0.774. The van der Waals surface area contributed by atoms with Gasteiger partial charge in [-0.25, -0.2) is 4.39 Å². The molecule has 0 spiro atoms. The third-order valence-electron chi connectivity index (χ3n) is 3.56. The summed E-state index contributed by atoms with van der Waals surface area (Å²) in [6.45, 7) is 0. The molecule has 2 N–H and O–H groups in total. The number of para-hydroxylation sites is 1. The van der Waals surface area contributed by atoms with Crippen LogP contribution in [0.15, 0.2) is 78.9 Å². The van der Waals surface area contributed by atoms with Crippen LogP contribution in [0.1, 0.15) is 20.7 Å². The summed E-state index contributed by atoms with van der Waals surface area (Å²) in [5, 5.41) is 5.11. The summed E-state index contributed by atoms with van der Waals surface area (Å²) >= 11 is 0. The van der Waals surface area contributed by atoms with Crippen molar-refractivity contribution in [1.82, 2.24) is 0 Å². The van der Waals surface area contributed by atoms with Gasteiger partial charge in [0.15, 0.2) is 5.82 Å². The first-order chi connectivity index (χ1) is 12.1. The molecule has 124 valence electrons. The van der Waals surface area contributed by atoms with E-state index in [9.17, 15) is 14.0 Å². The molecule has 0 aliphatic heterocycles. The lowest BCUT2D eigenvalue weighted by atomic mass is 10.1. The zero-order valence-corrected chi connectivity index (χ0v) is 13.2.